The summed E-state index contributed by atoms with van der Waals surface area (Å²) in [7, 11) is 1.75. The van der Waals surface area contributed by atoms with Gasteiger partial charge in [-0.25, -0.2) is 0 Å². The Hall–Kier alpha value is -1.03. The van der Waals surface area contributed by atoms with Crippen LogP contribution in [-0.4, -0.2) is 23.4 Å². The fourth-order valence-electron chi connectivity index (χ4n) is 3.56. The lowest BCUT2D eigenvalue weighted by Crippen LogP contribution is -2.33. The molecule has 0 spiro atoms. The first-order valence-corrected chi connectivity index (χ1v) is 8.54. The van der Waals surface area contributed by atoms with Crippen LogP contribution in [0.5, 0.6) is 5.75 Å². The van der Waals surface area contributed by atoms with Crippen molar-refractivity contribution >= 4 is 0 Å². The van der Waals surface area contributed by atoms with Crippen molar-refractivity contribution in [1.29, 1.82) is 0 Å². The van der Waals surface area contributed by atoms with E-state index < -0.39 is 0 Å². The summed E-state index contributed by atoms with van der Waals surface area (Å²) in [6, 6.07) is 0.367. The maximum Gasteiger partial charge on any atom is 0.161 e. The summed E-state index contributed by atoms with van der Waals surface area (Å²) in [5.74, 6) is 2.52. The predicted octanol–water partition coefficient (Wildman–Crippen LogP) is 3.78. The van der Waals surface area contributed by atoms with Crippen LogP contribution in [0.2, 0.25) is 0 Å². The molecule has 1 aromatic heterocycles. The van der Waals surface area contributed by atoms with E-state index in [1.54, 1.807) is 7.11 Å². The molecule has 4 nitrogen and oxygen atoms in total. The highest BCUT2D eigenvalue weighted by atomic mass is 16.5. The summed E-state index contributed by atoms with van der Waals surface area (Å²) in [6.07, 6.45) is 8.27. The van der Waals surface area contributed by atoms with Gasteiger partial charge in [0, 0.05) is 6.54 Å². The van der Waals surface area contributed by atoms with Gasteiger partial charge in [-0.15, -0.1) is 0 Å². The molecule has 1 atom stereocenters. The Morgan fingerprint density at radius 3 is 2.62 bits per heavy atom. The lowest BCUT2D eigenvalue weighted by atomic mass is 9.78. The predicted molar refractivity (Wildman–Crippen MR) is 86.6 cm³/mol. The first kappa shape index (κ1) is 16.3. The van der Waals surface area contributed by atoms with E-state index in [0.29, 0.717) is 12.0 Å². The average molecular weight is 293 g/mol. The van der Waals surface area contributed by atoms with Crippen molar-refractivity contribution in [3.8, 4) is 5.75 Å². The third kappa shape index (κ3) is 3.79. The van der Waals surface area contributed by atoms with Crippen LogP contribution in [-0.2, 0) is 6.54 Å². The molecule has 2 rings (SSSR count). The Bertz CT molecular complexity index is 422. The van der Waals surface area contributed by atoms with Crippen LogP contribution in [0.25, 0.3) is 0 Å². The number of rotatable bonds is 7. The zero-order chi connectivity index (χ0) is 15.2. The Labute approximate surface area is 129 Å². The molecule has 1 saturated carbocycles. The number of nitrogens with one attached hydrogen (secondary N) is 1. The van der Waals surface area contributed by atoms with Gasteiger partial charge in [0.15, 0.2) is 5.75 Å². The van der Waals surface area contributed by atoms with Gasteiger partial charge in [0.05, 0.1) is 25.0 Å². The van der Waals surface area contributed by atoms with Gasteiger partial charge in [0.25, 0.3) is 0 Å². The van der Waals surface area contributed by atoms with Crippen molar-refractivity contribution < 1.29 is 4.74 Å². The Balaban J connectivity index is 2.26. The monoisotopic (exact) mass is 293 g/mol. The smallest absolute Gasteiger partial charge is 0.161 e. The standard InChI is InChI=1S/C17H31N3O/c1-5-11-20-17(15(21-4)12-19-20)16(18-6-2)14-9-7-13(3)8-10-14/h12-14,16,18H,5-11H2,1-4H3. The first-order valence-electron chi connectivity index (χ1n) is 8.54. The summed E-state index contributed by atoms with van der Waals surface area (Å²) in [5.41, 5.74) is 1.25. The molecule has 0 aliphatic heterocycles. The van der Waals surface area contributed by atoms with Crippen LogP contribution < -0.4 is 10.1 Å². The largest absolute Gasteiger partial charge is 0.493 e. The van der Waals surface area contributed by atoms with E-state index in [1.807, 2.05) is 6.20 Å². The molecule has 120 valence electrons. The minimum Gasteiger partial charge on any atom is -0.493 e. The van der Waals surface area contributed by atoms with Crippen molar-refractivity contribution in [1.82, 2.24) is 15.1 Å². The van der Waals surface area contributed by atoms with Crippen molar-refractivity contribution in [3.05, 3.63) is 11.9 Å². The molecule has 0 radical (unpaired) electrons. The van der Waals surface area contributed by atoms with Crippen LogP contribution in [0.15, 0.2) is 6.20 Å². The van der Waals surface area contributed by atoms with E-state index in [4.69, 9.17) is 4.74 Å². The van der Waals surface area contributed by atoms with Gasteiger partial charge in [-0.3, -0.25) is 4.68 Å². The van der Waals surface area contributed by atoms with Crippen molar-refractivity contribution in [2.45, 2.75) is 65.5 Å². The van der Waals surface area contributed by atoms with Crippen molar-refractivity contribution in [2.75, 3.05) is 13.7 Å². The summed E-state index contributed by atoms with van der Waals surface area (Å²) < 4.78 is 7.73. The molecule has 1 heterocycles. The molecular formula is C17H31N3O. The molecule has 1 fully saturated rings. The van der Waals surface area contributed by atoms with Gasteiger partial charge in [-0.2, -0.15) is 5.10 Å². The normalized spacial score (nSPS) is 24.0. The minimum absolute atomic E-state index is 0.367. The zero-order valence-electron chi connectivity index (χ0n) is 14.1. The van der Waals surface area contributed by atoms with Crippen LogP contribution >= 0.6 is 0 Å². The topological polar surface area (TPSA) is 39.1 Å². The SMILES string of the molecule is CCCn1ncc(OC)c1C(NCC)C1CCC(C)CC1. The Kier molecular flexibility index (Phi) is 6.09. The zero-order valence-corrected chi connectivity index (χ0v) is 14.1. The third-order valence-corrected chi connectivity index (χ3v) is 4.75. The number of hydrogen-bond donors (Lipinski definition) is 1. The van der Waals surface area contributed by atoms with Crippen LogP contribution in [0.4, 0.5) is 0 Å². The highest BCUT2D eigenvalue weighted by Crippen LogP contribution is 2.39. The lowest BCUT2D eigenvalue weighted by Gasteiger charge is -2.33. The number of methoxy groups -OCH3 is 1. The highest BCUT2D eigenvalue weighted by molar-refractivity contribution is 5.29. The molecule has 1 aromatic rings. The van der Waals surface area contributed by atoms with Crippen LogP contribution in [0, 0.1) is 11.8 Å². The molecule has 21 heavy (non-hydrogen) atoms. The number of hydrogen-bond acceptors (Lipinski definition) is 3. The van der Waals surface area contributed by atoms with Crippen LogP contribution in [0.1, 0.15) is 64.6 Å². The van der Waals surface area contributed by atoms with E-state index in [0.717, 1.165) is 31.2 Å². The van der Waals surface area contributed by atoms with E-state index in [1.165, 1.54) is 31.4 Å². The summed E-state index contributed by atoms with van der Waals surface area (Å²) >= 11 is 0. The molecule has 1 aliphatic rings. The number of ether oxygens (including phenoxy) is 1. The van der Waals surface area contributed by atoms with Gasteiger partial charge in [-0.05, 0) is 37.6 Å². The van der Waals surface area contributed by atoms with Gasteiger partial charge >= 0.3 is 0 Å². The second-order valence-corrected chi connectivity index (χ2v) is 6.38. The van der Waals surface area contributed by atoms with E-state index >= 15 is 0 Å². The maximum atomic E-state index is 5.59. The first-order chi connectivity index (χ1) is 10.2. The fourth-order valence-corrected chi connectivity index (χ4v) is 3.56. The van der Waals surface area contributed by atoms with E-state index in [2.05, 4.69) is 35.9 Å². The molecule has 0 amide bonds. The van der Waals surface area contributed by atoms with Crippen molar-refractivity contribution in [2.24, 2.45) is 11.8 Å². The molecular weight excluding hydrogens is 262 g/mol. The molecule has 4 heteroatoms. The number of nitrogens with zero attached hydrogens (tertiary/aromatic N) is 2. The van der Waals surface area contributed by atoms with Gasteiger partial charge in [0.2, 0.25) is 0 Å². The number of aryl methyl sites for hydroxylation is 1. The highest BCUT2D eigenvalue weighted by Gasteiger charge is 2.31. The Morgan fingerprint density at radius 2 is 2.05 bits per heavy atom. The van der Waals surface area contributed by atoms with Gasteiger partial charge < -0.3 is 10.1 Å². The van der Waals surface area contributed by atoms with Crippen LogP contribution in [0.3, 0.4) is 0 Å². The van der Waals surface area contributed by atoms with E-state index in [-0.39, 0.29) is 0 Å². The lowest BCUT2D eigenvalue weighted by molar-refractivity contribution is 0.222. The fraction of sp³-hybridized carbons (Fsp3) is 0.824. The average Bonchev–Trinajstić information content (AvgIpc) is 2.89. The molecule has 1 aliphatic carbocycles. The van der Waals surface area contributed by atoms with Gasteiger partial charge in [0.1, 0.15) is 0 Å². The molecule has 0 saturated heterocycles. The van der Waals surface area contributed by atoms with Crippen molar-refractivity contribution in [3.63, 3.8) is 0 Å². The summed E-state index contributed by atoms with van der Waals surface area (Å²) in [4.78, 5) is 0. The second-order valence-electron chi connectivity index (χ2n) is 6.38. The van der Waals surface area contributed by atoms with Gasteiger partial charge in [-0.1, -0.05) is 33.6 Å². The maximum absolute atomic E-state index is 5.59. The van der Waals surface area contributed by atoms with E-state index in [9.17, 15) is 0 Å². The molecule has 0 bridgehead atoms. The number of aromatic nitrogens is 2. The summed E-state index contributed by atoms with van der Waals surface area (Å²) in [5, 5.41) is 8.24. The molecule has 1 unspecified atom stereocenters. The second kappa shape index (κ2) is 7.83. The third-order valence-electron chi connectivity index (χ3n) is 4.75. The quantitative estimate of drug-likeness (QED) is 0.831. The summed E-state index contributed by atoms with van der Waals surface area (Å²) in [6.45, 7) is 8.70. The molecule has 1 N–H and O–H groups in total. The Morgan fingerprint density at radius 1 is 1.33 bits per heavy atom. The molecule has 0 aromatic carbocycles. The minimum atomic E-state index is 0.367.